The van der Waals surface area contributed by atoms with Crippen LogP contribution in [0, 0.1) is 18.3 Å². The minimum Gasteiger partial charge on any atom is -0.478 e. The molecule has 4 aromatic rings. The summed E-state index contributed by atoms with van der Waals surface area (Å²) in [4.78, 5) is 26.8. The van der Waals surface area contributed by atoms with Crippen molar-refractivity contribution >= 4 is 28.9 Å². The first-order valence-electron chi connectivity index (χ1n) is 10.4. The van der Waals surface area contributed by atoms with Gasteiger partial charge in [0.15, 0.2) is 0 Å². The number of nitrogens with zero attached hydrogens (tertiary/aromatic N) is 1. The predicted octanol–water partition coefficient (Wildman–Crippen LogP) is 4.70. The highest BCUT2D eigenvalue weighted by molar-refractivity contribution is 6.01. The van der Waals surface area contributed by atoms with Crippen LogP contribution in [0.3, 0.4) is 0 Å². The van der Waals surface area contributed by atoms with Gasteiger partial charge in [-0.05, 0) is 54.8 Å². The molecule has 164 valence electrons. The van der Waals surface area contributed by atoms with Crippen molar-refractivity contribution in [2.24, 2.45) is 0 Å². The molecular weight excluding hydrogens is 418 g/mol. The van der Waals surface area contributed by atoms with Crippen LogP contribution in [0.5, 0.6) is 0 Å². The predicted molar refractivity (Wildman–Crippen MR) is 124 cm³/mol. The summed E-state index contributed by atoms with van der Waals surface area (Å²) in [6.07, 6.45) is 3.95. The van der Waals surface area contributed by atoms with E-state index in [9.17, 15) is 14.9 Å². The van der Waals surface area contributed by atoms with Gasteiger partial charge >= 0.3 is 5.97 Å². The molecule has 0 aliphatic rings. The number of aromatic carboxylic acids is 1. The van der Waals surface area contributed by atoms with Gasteiger partial charge in [0.25, 0.3) is 5.91 Å². The number of carbonyl (C=O) groups is 2. The van der Waals surface area contributed by atoms with Crippen molar-refractivity contribution in [2.45, 2.75) is 13.3 Å². The van der Waals surface area contributed by atoms with E-state index >= 15 is 0 Å². The van der Waals surface area contributed by atoms with Crippen LogP contribution in [0.1, 0.15) is 27.2 Å². The number of amides is 1. The number of rotatable bonds is 7. The molecule has 0 atom stereocenters. The van der Waals surface area contributed by atoms with Crippen molar-refractivity contribution in [1.82, 2.24) is 10.3 Å². The van der Waals surface area contributed by atoms with E-state index in [1.807, 2.05) is 36.5 Å². The van der Waals surface area contributed by atoms with Crippen LogP contribution in [-0.2, 0) is 11.2 Å². The maximum absolute atomic E-state index is 12.5. The molecule has 0 saturated heterocycles. The summed E-state index contributed by atoms with van der Waals surface area (Å²) < 4.78 is 5.79. The molecule has 0 spiro atoms. The van der Waals surface area contributed by atoms with Gasteiger partial charge in [-0.25, -0.2) is 4.79 Å². The van der Waals surface area contributed by atoms with Crippen molar-refractivity contribution in [1.29, 1.82) is 5.26 Å². The molecule has 4 rings (SSSR count). The summed E-state index contributed by atoms with van der Waals surface area (Å²) in [5.74, 6) is -0.595. The molecule has 0 aliphatic carbocycles. The van der Waals surface area contributed by atoms with E-state index < -0.39 is 11.9 Å². The van der Waals surface area contributed by atoms with Crippen molar-refractivity contribution in [3.05, 3.63) is 88.8 Å². The molecule has 2 aromatic heterocycles. The van der Waals surface area contributed by atoms with Gasteiger partial charge in [-0.2, -0.15) is 5.26 Å². The minimum atomic E-state index is -0.998. The molecule has 0 radical (unpaired) electrons. The number of carboxylic acid groups (broad SMARTS) is 1. The van der Waals surface area contributed by atoms with Gasteiger partial charge < -0.3 is 19.8 Å². The number of nitriles is 1. The van der Waals surface area contributed by atoms with E-state index in [1.165, 1.54) is 12.1 Å². The number of hydrogen-bond donors (Lipinski definition) is 3. The molecule has 0 aliphatic heterocycles. The lowest BCUT2D eigenvalue weighted by atomic mass is 10.0. The molecule has 2 heterocycles. The molecule has 0 fully saturated rings. The van der Waals surface area contributed by atoms with Crippen molar-refractivity contribution in [2.75, 3.05) is 6.54 Å². The average molecular weight is 439 g/mol. The summed E-state index contributed by atoms with van der Waals surface area (Å²) in [7, 11) is 0. The van der Waals surface area contributed by atoms with Gasteiger partial charge in [0.1, 0.15) is 23.2 Å². The van der Waals surface area contributed by atoms with Crippen LogP contribution in [0.25, 0.3) is 28.3 Å². The zero-order valence-electron chi connectivity index (χ0n) is 17.9. The highest BCUT2D eigenvalue weighted by Crippen LogP contribution is 2.27. The van der Waals surface area contributed by atoms with Crippen LogP contribution >= 0.6 is 0 Å². The second kappa shape index (κ2) is 9.28. The fourth-order valence-corrected chi connectivity index (χ4v) is 3.68. The third kappa shape index (κ3) is 4.70. The lowest BCUT2D eigenvalue weighted by Crippen LogP contribution is -2.26. The Labute approximate surface area is 190 Å². The summed E-state index contributed by atoms with van der Waals surface area (Å²) >= 11 is 0. The van der Waals surface area contributed by atoms with Crippen LogP contribution in [0.4, 0.5) is 0 Å². The fourth-order valence-electron chi connectivity index (χ4n) is 3.68. The Bertz CT molecular complexity index is 1420. The van der Waals surface area contributed by atoms with Crippen molar-refractivity contribution < 1.29 is 19.1 Å². The van der Waals surface area contributed by atoms with E-state index in [0.29, 0.717) is 24.5 Å². The molecule has 7 nitrogen and oxygen atoms in total. The summed E-state index contributed by atoms with van der Waals surface area (Å²) in [6.45, 7) is 2.18. The second-order valence-corrected chi connectivity index (χ2v) is 7.57. The smallest absolute Gasteiger partial charge is 0.335 e. The number of benzene rings is 2. The number of aryl methyl sites for hydroxylation is 1. The Morgan fingerprint density at radius 1 is 1.18 bits per heavy atom. The number of hydrogen-bond acceptors (Lipinski definition) is 4. The third-order valence-corrected chi connectivity index (χ3v) is 5.37. The Morgan fingerprint density at radius 3 is 2.76 bits per heavy atom. The first-order valence-corrected chi connectivity index (χ1v) is 10.4. The Balaban J connectivity index is 1.43. The second-order valence-electron chi connectivity index (χ2n) is 7.57. The normalized spacial score (nSPS) is 11.3. The molecule has 0 saturated carbocycles. The van der Waals surface area contributed by atoms with Gasteiger partial charge in [0.05, 0.1) is 5.56 Å². The highest BCUT2D eigenvalue weighted by Gasteiger charge is 2.13. The molecule has 1 amide bonds. The Kier molecular flexibility index (Phi) is 6.09. The minimum absolute atomic E-state index is 0.0622. The summed E-state index contributed by atoms with van der Waals surface area (Å²) in [5, 5.41) is 22.5. The third-order valence-electron chi connectivity index (χ3n) is 5.37. The first-order chi connectivity index (χ1) is 16.0. The van der Waals surface area contributed by atoms with Crippen molar-refractivity contribution in [3.63, 3.8) is 0 Å². The van der Waals surface area contributed by atoms with E-state index in [1.54, 1.807) is 31.2 Å². The van der Waals surface area contributed by atoms with Crippen molar-refractivity contribution in [3.8, 4) is 17.4 Å². The van der Waals surface area contributed by atoms with E-state index in [0.717, 1.165) is 27.6 Å². The van der Waals surface area contributed by atoms with Gasteiger partial charge in [-0.3, -0.25) is 4.79 Å². The standard InChI is InChI=1S/C26H21N3O4/c1-16-12-17(26(31)32)6-8-21(16)24-9-7-20(33-24)13-19(14-27)25(30)28-11-10-18-15-29-23-5-3-2-4-22(18)23/h2-9,12-13,15,29H,10-11H2,1H3,(H,28,30)(H,31,32). The number of furan rings is 1. The first kappa shape index (κ1) is 21.7. The number of carbonyl (C=O) groups excluding carboxylic acids is 1. The maximum Gasteiger partial charge on any atom is 0.335 e. The molecule has 0 bridgehead atoms. The largest absolute Gasteiger partial charge is 0.478 e. The average Bonchev–Trinajstić information content (AvgIpc) is 3.44. The Morgan fingerprint density at radius 2 is 2.00 bits per heavy atom. The number of aromatic amines is 1. The summed E-state index contributed by atoms with van der Waals surface area (Å²) in [5.41, 5.74) is 3.75. The van der Waals surface area contributed by atoms with Crippen LogP contribution < -0.4 is 5.32 Å². The van der Waals surface area contributed by atoms with Crippen LogP contribution in [0.2, 0.25) is 0 Å². The molecule has 7 heteroatoms. The van der Waals surface area contributed by atoms with E-state index in [2.05, 4.69) is 10.3 Å². The van der Waals surface area contributed by atoms with Crippen LogP contribution in [-0.4, -0.2) is 28.5 Å². The van der Waals surface area contributed by atoms with Crippen LogP contribution in [0.15, 0.2) is 70.8 Å². The van der Waals surface area contributed by atoms with Gasteiger partial charge in [0, 0.05) is 35.3 Å². The highest BCUT2D eigenvalue weighted by atomic mass is 16.4. The van der Waals surface area contributed by atoms with Gasteiger partial charge in [0.2, 0.25) is 0 Å². The number of para-hydroxylation sites is 1. The molecule has 33 heavy (non-hydrogen) atoms. The number of fused-ring (bicyclic) bond motifs is 1. The zero-order chi connectivity index (χ0) is 23.4. The van der Waals surface area contributed by atoms with Gasteiger partial charge in [-0.15, -0.1) is 0 Å². The fraction of sp³-hybridized carbons (Fsp3) is 0.115. The quantitative estimate of drug-likeness (QED) is 0.285. The Hall–Kier alpha value is -4.57. The van der Waals surface area contributed by atoms with E-state index in [4.69, 9.17) is 9.52 Å². The van der Waals surface area contributed by atoms with Gasteiger partial charge in [-0.1, -0.05) is 24.3 Å². The monoisotopic (exact) mass is 439 g/mol. The topological polar surface area (TPSA) is 119 Å². The number of nitrogens with one attached hydrogen (secondary N) is 2. The maximum atomic E-state index is 12.5. The SMILES string of the molecule is Cc1cc(C(=O)O)ccc1-c1ccc(C=C(C#N)C(=O)NCCc2c[nH]c3ccccc23)o1. The lowest BCUT2D eigenvalue weighted by molar-refractivity contribution is -0.117. The molecular formula is C26H21N3O4. The lowest BCUT2D eigenvalue weighted by Gasteiger charge is -2.04. The summed E-state index contributed by atoms with van der Waals surface area (Å²) in [6, 6.07) is 18.0. The zero-order valence-corrected chi connectivity index (χ0v) is 17.9. The number of H-pyrrole nitrogens is 1. The molecule has 3 N–H and O–H groups in total. The van der Waals surface area contributed by atoms with E-state index in [-0.39, 0.29) is 11.1 Å². The molecule has 2 aromatic carbocycles. The number of aromatic nitrogens is 1. The molecule has 0 unspecified atom stereocenters. The number of carboxylic acids is 1.